The number of nitrogens with zero attached hydrogens (tertiary/aromatic N) is 2. The third-order valence-corrected chi connectivity index (χ3v) is 5.36. The molecule has 144 valence electrons. The van der Waals surface area contributed by atoms with Crippen LogP contribution < -0.4 is 10.2 Å². The van der Waals surface area contributed by atoms with Crippen molar-refractivity contribution in [2.24, 2.45) is 0 Å². The predicted molar refractivity (Wildman–Crippen MR) is 108 cm³/mol. The van der Waals surface area contributed by atoms with Crippen molar-refractivity contribution in [1.82, 2.24) is 4.90 Å². The fourth-order valence-corrected chi connectivity index (χ4v) is 3.82. The molecule has 2 rings (SSSR count). The van der Waals surface area contributed by atoms with Gasteiger partial charge in [0.2, 0.25) is 11.8 Å². The summed E-state index contributed by atoms with van der Waals surface area (Å²) in [7, 11) is 0. The fraction of sp³-hybridized carbons (Fsp3) is 0.619. The van der Waals surface area contributed by atoms with Gasteiger partial charge in [0, 0.05) is 50.4 Å². The van der Waals surface area contributed by atoms with E-state index in [0.717, 1.165) is 37.2 Å². The molecule has 26 heavy (non-hydrogen) atoms. The first-order valence-corrected chi connectivity index (χ1v) is 9.88. The maximum Gasteiger partial charge on any atom is 0.226 e. The molecule has 0 saturated heterocycles. The van der Waals surface area contributed by atoms with Crippen LogP contribution in [0.3, 0.4) is 0 Å². The quantitative estimate of drug-likeness (QED) is 0.764. The van der Waals surface area contributed by atoms with Crippen molar-refractivity contribution in [3.8, 4) is 0 Å². The van der Waals surface area contributed by atoms with Crippen LogP contribution in [0, 0.1) is 6.92 Å². The minimum atomic E-state index is -0.0343. The van der Waals surface area contributed by atoms with E-state index in [1.165, 1.54) is 18.5 Å². The van der Waals surface area contributed by atoms with Crippen molar-refractivity contribution >= 4 is 23.2 Å². The minimum absolute atomic E-state index is 0.0343. The van der Waals surface area contributed by atoms with Gasteiger partial charge in [-0.2, -0.15) is 0 Å². The van der Waals surface area contributed by atoms with Gasteiger partial charge in [0.15, 0.2) is 0 Å². The van der Waals surface area contributed by atoms with Crippen molar-refractivity contribution in [2.75, 3.05) is 29.9 Å². The van der Waals surface area contributed by atoms with Gasteiger partial charge in [0.1, 0.15) is 0 Å². The first-order chi connectivity index (χ1) is 12.5. The summed E-state index contributed by atoms with van der Waals surface area (Å²) < 4.78 is 0. The van der Waals surface area contributed by atoms with E-state index in [4.69, 9.17) is 0 Å². The van der Waals surface area contributed by atoms with Crippen LogP contribution in [0.4, 0.5) is 11.4 Å². The van der Waals surface area contributed by atoms with Crippen LogP contribution in [0.1, 0.15) is 58.4 Å². The Bertz CT molecular complexity index is 620. The number of benzene rings is 1. The standard InChI is InChI=1S/C21H33N3O2/c1-5-23(6-2)19-11-12-20(16(3)15-19)22-21(26)13-14-24(17(4)25)18-9-7-8-10-18/h11-12,15,18H,5-10,13-14H2,1-4H3,(H,22,26). The maximum absolute atomic E-state index is 12.4. The second-order valence-corrected chi connectivity index (χ2v) is 7.12. The van der Waals surface area contributed by atoms with E-state index in [2.05, 4.69) is 36.2 Å². The smallest absolute Gasteiger partial charge is 0.226 e. The highest BCUT2D eigenvalue weighted by atomic mass is 16.2. The van der Waals surface area contributed by atoms with Crippen LogP contribution in [0.2, 0.25) is 0 Å². The summed E-state index contributed by atoms with van der Waals surface area (Å²) in [4.78, 5) is 28.4. The Morgan fingerprint density at radius 2 is 1.81 bits per heavy atom. The monoisotopic (exact) mass is 359 g/mol. The molecule has 0 spiro atoms. The second kappa shape index (κ2) is 9.60. The fourth-order valence-electron chi connectivity index (χ4n) is 3.82. The second-order valence-electron chi connectivity index (χ2n) is 7.12. The molecule has 1 aromatic carbocycles. The molecule has 0 radical (unpaired) electrons. The van der Waals surface area contributed by atoms with E-state index in [9.17, 15) is 9.59 Å². The average molecular weight is 360 g/mol. The summed E-state index contributed by atoms with van der Waals surface area (Å²) >= 11 is 0. The summed E-state index contributed by atoms with van der Waals surface area (Å²) in [5.74, 6) is 0.0393. The molecule has 1 aliphatic rings. The number of carbonyl (C=O) groups excluding carboxylic acids is 2. The van der Waals surface area contributed by atoms with Gasteiger partial charge in [0.05, 0.1) is 0 Å². The normalized spacial score (nSPS) is 14.3. The molecule has 1 saturated carbocycles. The molecule has 0 atom stereocenters. The lowest BCUT2D eigenvalue weighted by Crippen LogP contribution is -2.39. The topological polar surface area (TPSA) is 52.7 Å². The number of hydrogen-bond acceptors (Lipinski definition) is 3. The molecule has 1 fully saturated rings. The van der Waals surface area contributed by atoms with Gasteiger partial charge in [-0.05, 0) is 57.4 Å². The van der Waals surface area contributed by atoms with Crippen molar-refractivity contribution in [3.05, 3.63) is 23.8 Å². The molecular formula is C21H33N3O2. The predicted octanol–water partition coefficient (Wildman–Crippen LogP) is 3.96. The van der Waals surface area contributed by atoms with Gasteiger partial charge in [-0.15, -0.1) is 0 Å². The van der Waals surface area contributed by atoms with Crippen LogP contribution in [-0.2, 0) is 9.59 Å². The number of aryl methyl sites for hydroxylation is 1. The van der Waals surface area contributed by atoms with E-state index in [1.54, 1.807) is 6.92 Å². The first kappa shape index (κ1) is 20.3. The van der Waals surface area contributed by atoms with Crippen molar-refractivity contribution < 1.29 is 9.59 Å². The number of amides is 2. The molecule has 0 unspecified atom stereocenters. The van der Waals surface area contributed by atoms with Crippen molar-refractivity contribution in [1.29, 1.82) is 0 Å². The van der Waals surface area contributed by atoms with Crippen molar-refractivity contribution in [3.63, 3.8) is 0 Å². The van der Waals surface area contributed by atoms with E-state index in [0.29, 0.717) is 19.0 Å². The van der Waals surface area contributed by atoms with E-state index < -0.39 is 0 Å². The zero-order valence-corrected chi connectivity index (χ0v) is 16.7. The highest BCUT2D eigenvalue weighted by molar-refractivity contribution is 5.92. The van der Waals surface area contributed by atoms with Crippen LogP contribution in [-0.4, -0.2) is 42.4 Å². The summed E-state index contributed by atoms with van der Waals surface area (Å²) in [6.07, 6.45) is 4.82. The summed E-state index contributed by atoms with van der Waals surface area (Å²) in [6, 6.07) is 6.45. The molecule has 2 amide bonds. The third-order valence-electron chi connectivity index (χ3n) is 5.36. The molecule has 0 bridgehead atoms. The Morgan fingerprint density at radius 3 is 2.35 bits per heavy atom. The van der Waals surface area contributed by atoms with E-state index in [-0.39, 0.29) is 11.8 Å². The molecule has 0 aromatic heterocycles. The van der Waals surface area contributed by atoms with Gasteiger partial charge >= 0.3 is 0 Å². The summed E-state index contributed by atoms with van der Waals surface area (Å²) in [6.45, 7) is 10.3. The number of hydrogen-bond donors (Lipinski definition) is 1. The summed E-state index contributed by atoms with van der Waals surface area (Å²) in [5, 5.41) is 3.00. The van der Waals surface area contributed by atoms with Crippen LogP contribution >= 0.6 is 0 Å². The highest BCUT2D eigenvalue weighted by Gasteiger charge is 2.24. The summed E-state index contributed by atoms with van der Waals surface area (Å²) in [5.41, 5.74) is 3.08. The highest BCUT2D eigenvalue weighted by Crippen LogP contribution is 2.25. The SMILES string of the molecule is CCN(CC)c1ccc(NC(=O)CCN(C(C)=O)C2CCCC2)c(C)c1. The van der Waals surface area contributed by atoms with Gasteiger partial charge < -0.3 is 15.1 Å². The lowest BCUT2D eigenvalue weighted by Gasteiger charge is -2.27. The van der Waals surface area contributed by atoms with Gasteiger partial charge in [-0.3, -0.25) is 9.59 Å². The Morgan fingerprint density at radius 1 is 1.15 bits per heavy atom. The van der Waals surface area contributed by atoms with Crippen molar-refractivity contribution in [2.45, 2.75) is 65.8 Å². The molecule has 0 aliphatic heterocycles. The average Bonchev–Trinajstić information content (AvgIpc) is 3.12. The molecule has 5 nitrogen and oxygen atoms in total. The minimum Gasteiger partial charge on any atom is -0.372 e. The Balaban J connectivity index is 1.93. The first-order valence-electron chi connectivity index (χ1n) is 9.88. The zero-order chi connectivity index (χ0) is 19.1. The van der Waals surface area contributed by atoms with Crippen LogP contribution in [0.25, 0.3) is 0 Å². The molecule has 5 heteroatoms. The molecule has 1 N–H and O–H groups in total. The molecular weight excluding hydrogens is 326 g/mol. The van der Waals surface area contributed by atoms with Crippen LogP contribution in [0.15, 0.2) is 18.2 Å². The Kier molecular flexibility index (Phi) is 7.49. The zero-order valence-electron chi connectivity index (χ0n) is 16.7. The number of carbonyl (C=O) groups is 2. The Labute approximate surface area is 157 Å². The molecule has 1 aromatic rings. The third kappa shape index (κ3) is 5.23. The number of anilines is 2. The number of rotatable bonds is 8. The lowest BCUT2D eigenvalue weighted by molar-refractivity contribution is -0.131. The van der Waals surface area contributed by atoms with E-state index in [1.807, 2.05) is 17.9 Å². The van der Waals surface area contributed by atoms with Crippen LogP contribution in [0.5, 0.6) is 0 Å². The number of nitrogens with one attached hydrogen (secondary N) is 1. The molecule has 0 heterocycles. The largest absolute Gasteiger partial charge is 0.372 e. The van der Waals surface area contributed by atoms with Gasteiger partial charge in [0.25, 0.3) is 0 Å². The Hall–Kier alpha value is -2.04. The van der Waals surface area contributed by atoms with E-state index >= 15 is 0 Å². The van der Waals surface area contributed by atoms with Gasteiger partial charge in [-0.25, -0.2) is 0 Å². The molecule has 1 aliphatic carbocycles. The maximum atomic E-state index is 12.4. The van der Waals surface area contributed by atoms with Gasteiger partial charge in [-0.1, -0.05) is 12.8 Å². The lowest BCUT2D eigenvalue weighted by atomic mass is 10.1.